The van der Waals surface area contributed by atoms with Gasteiger partial charge in [-0.1, -0.05) is 44.2 Å². The highest BCUT2D eigenvalue weighted by Gasteiger charge is 2.26. The van der Waals surface area contributed by atoms with Gasteiger partial charge in [-0.15, -0.1) is 0 Å². The van der Waals surface area contributed by atoms with Gasteiger partial charge < -0.3 is 21.2 Å². The minimum absolute atomic E-state index is 0.106. The normalized spacial score (nSPS) is 14.1. The van der Waals surface area contributed by atoms with Crippen molar-refractivity contribution in [1.82, 2.24) is 27.0 Å². The molecule has 0 aliphatic carbocycles. The van der Waals surface area contributed by atoms with Crippen LogP contribution in [0.1, 0.15) is 33.6 Å². The number of carbonyl (C=O) groups is 4. The molecule has 0 aliphatic heterocycles. The number of aldehydes is 1. The maximum absolute atomic E-state index is 13.0. The van der Waals surface area contributed by atoms with Crippen LogP contribution in [0.25, 0.3) is 0 Å². The molecule has 3 atom stereocenters. The van der Waals surface area contributed by atoms with Crippen LogP contribution >= 0.6 is 11.8 Å². The van der Waals surface area contributed by atoms with Crippen molar-refractivity contribution in [2.24, 2.45) is 11.7 Å². The molecule has 0 aliphatic rings. The molecule has 0 aromatic heterocycles. The van der Waals surface area contributed by atoms with E-state index in [0.717, 1.165) is 5.56 Å². The van der Waals surface area contributed by atoms with E-state index in [-0.39, 0.29) is 5.92 Å². The summed E-state index contributed by atoms with van der Waals surface area (Å²) >= 11 is 1.56. The Morgan fingerprint density at radius 3 is 2.33 bits per heavy atom. The molecular formula is C22H36N6O4S. The largest absolute Gasteiger partial charge is 0.368 e. The molecule has 0 fully saturated rings. The van der Waals surface area contributed by atoms with E-state index in [2.05, 4.69) is 27.0 Å². The minimum Gasteiger partial charge on any atom is -0.368 e. The second kappa shape index (κ2) is 16.2. The van der Waals surface area contributed by atoms with E-state index in [0.29, 0.717) is 25.0 Å². The second-order valence-corrected chi connectivity index (χ2v) is 8.93. The third kappa shape index (κ3) is 11.8. The van der Waals surface area contributed by atoms with Gasteiger partial charge in [0.05, 0.1) is 6.54 Å². The van der Waals surface area contributed by atoms with Crippen molar-refractivity contribution in [3.8, 4) is 0 Å². The van der Waals surface area contributed by atoms with Gasteiger partial charge in [-0.05, 0) is 42.8 Å². The predicted octanol–water partition coefficient (Wildman–Crippen LogP) is -0.350. The van der Waals surface area contributed by atoms with Crippen LogP contribution in [0.4, 0.5) is 0 Å². The highest BCUT2D eigenvalue weighted by Crippen LogP contribution is 2.07. The number of thioether (sulfide) groups is 1. The van der Waals surface area contributed by atoms with E-state index in [9.17, 15) is 19.2 Å². The van der Waals surface area contributed by atoms with Crippen LogP contribution in [-0.2, 0) is 25.6 Å². The lowest BCUT2D eigenvalue weighted by Crippen LogP contribution is -2.61. The number of primary amides is 1. The fourth-order valence-corrected chi connectivity index (χ4v) is 3.49. The van der Waals surface area contributed by atoms with Crippen LogP contribution in [0, 0.1) is 5.92 Å². The summed E-state index contributed by atoms with van der Waals surface area (Å²) in [5.74, 6) is -0.714. The number of amides is 3. The summed E-state index contributed by atoms with van der Waals surface area (Å²) < 4.78 is 6.95. The van der Waals surface area contributed by atoms with E-state index in [1.807, 2.05) is 50.4 Å². The summed E-state index contributed by atoms with van der Waals surface area (Å²) in [4.78, 5) is 48.1. The van der Waals surface area contributed by atoms with Crippen LogP contribution in [-0.4, -0.2) is 60.7 Å². The smallest absolute Gasteiger partial charge is 0.242 e. The number of carbonyl (C=O) groups excluding carboxylic acids is 4. The molecule has 0 bridgehead atoms. The maximum atomic E-state index is 13.0. The SMILES string of the molecule is [2H]C(=O)CNC(=O)[C@H](CC(C)C)NC(=O)C(CCSC)NNN[C@@H](Cc1ccccc1)C(N)=O. The molecule has 7 N–H and O–H groups in total. The van der Waals surface area contributed by atoms with Gasteiger partial charge in [-0.25, -0.2) is 10.9 Å². The fourth-order valence-electron chi connectivity index (χ4n) is 3.01. The van der Waals surface area contributed by atoms with Crippen LogP contribution in [0.3, 0.4) is 0 Å². The second-order valence-electron chi connectivity index (χ2n) is 7.95. The Bertz CT molecular complexity index is 799. The van der Waals surface area contributed by atoms with Crippen molar-refractivity contribution >= 4 is 35.7 Å². The molecule has 0 radical (unpaired) electrons. The van der Waals surface area contributed by atoms with E-state index in [1.54, 1.807) is 11.8 Å². The van der Waals surface area contributed by atoms with Crippen LogP contribution in [0.2, 0.25) is 0 Å². The topological polar surface area (TPSA) is 154 Å². The Kier molecular flexibility index (Phi) is 13.1. The molecule has 1 rings (SSSR count). The molecule has 1 aromatic rings. The van der Waals surface area contributed by atoms with Gasteiger partial charge >= 0.3 is 0 Å². The number of benzene rings is 1. The van der Waals surface area contributed by atoms with E-state index in [4.69, 9.17) is 7.10 Å². The van der Waals surface area contributed by atoms with Crippen molar-refractivity contribution in [2.45, 2.75) is 51.2 Å². The standard InChI is InChI=1S/C22H36N6O4S/c1-15(2)13-19(21(31)24-10-11-29)25-22(32)17(9-12-33-3)26-28-27-18(20(23)30)14-16-7-5-4-6-8-16/h4-8,11,15,17-19,26-28H,9-10,12-14H2,1-3H3,(H2,23,30)(H,24,31)(H,25,32)/t17?,18-,19-/m0/s1/i11D. The van der Waals surface area contributed by atoms with Gasteiger partial charge in [-0.3, -0.25) is 14.4 Å². The molecule has 1 aromatic carbocycles. The van der Waals surface area contributed by atoms with Crippen LogP contribution in [0.5, 0.6) is 0 Å². The first-order valence-electron chi connectivity index (χ1n) is 11.3. The average molecular weight is 482 g/mol. The number of rotatable bonds is 17. The zero-order valence-corrected chi connectivity index (χ0v) is 20.2. The molecular weight excluding hydrogens is 444 g/mol. The molecule has 3 amide bonds. The van der Waals surface area contributed by atoms with E-state index in [1.165, 1.54) is 0 Å². The first-order chi connectivity index (χ1) is 16.1. The number of hydrogen-bond acceptors (Lipinski definition) is 8. The zero-order chi connectivity index (χ0) is 25.5. The molecule has 0 heterocycles. The van der Waals surface area contributed by atoms with Crippen molar-refractivity contribution in [3.63, 3.8) is 0 Å². The average Bonchev–Trinajstić information content (AvgIpc) is 2.78. The van der Waals surface area contributed by atoms with Crippen LogP contribution < -0.4 is 32.8 Å². The third-order valence-corrected chi connectivity index (χ3v) is 5.36. The summed E-state index contributed by atoms with van der Waals surface area (Å²) in [6.07, 6.45) is 2.17. The number of hydrazine groups is 2. The lowest BCUT2D eigenvalue weighted by Gasteiger charge is -2.25. The van der Waals surface area contributed by atoms with Gasteiger partial charge in [0, 0.05) is 0 Å². The molecule has 10 nitrogen and oxygen atoms in total. The van der Waals surface area contributed by atoms with Gasteiger partial charge in [-0.2, -0.15) is 17.3 Å². The van der Waals surface area contributed by atoms with E-state index >= 15 is 0 Å². The molecule has 0 saturated carbocycles. The molecule has 11 heteroatoms. The van der Waals surface area contributed by atoms with Gasteiger partial charge in [0.2, 0.25) is 17.7 Å². The quantitative estimate of drug-likeness (QED) is 0.130. The van der Waals surface area contributed by atoms with Crippen molar-refractivity contribution in [1.29, 1.82) is 0 Å². The Balaban J connectivity index is 2.76. The van der Waals surface area contributed by atoms with Crippen molar-refractivity contribution < 1.29 is 20.5 Å². The Labute approximate surface area is 200 Å². The van der Waals surface area contributed by atoms with Gasteiger partial charge in [0.25, 0.3) is 0 Å². The maximum Gasteiger partial charge on any atom is 0.242 e. The first kappa shape index (κ1) is 26.8. The highest BCUT2D eigenvalue weighted by atomic mass is 32.2. The molecule has 33 heavy (non-hydrogen) atoms. The van der Waals surface area contributed by atoms with Crippen molar-refractivity contribution in [3.05, 3.63) is 35.9 Å². The van der Waals surface area contributed by atoms with Gasteiger partial charge in [0.1, 0.15) is 25.8 Å². The number of nitrogens with one attached hydrogen (secondary N) is 5. The number of hydrogen-bond donors (Lipinski definition) is 6. The Morgan fingerprint density at radius 1 is 1.09 bits per heavy atom. The summed E-state index contributed by atoms with van der Waals surface area (Å²) in [6.45, 7) is 3.40. The Hall–Kier alpha value is -2.47. The lowest BCUT2D eigenvalue weighted by molar-refractivity contribution is -0.131. The molecule has 0 spiro atoms. The summed E-state index contributed by atoms with van der Waals surface area (Å²) in [5.41, 5.74) is 14.8. The van der Waals surface area contributed by atoms with Crippen LogP contribution in [0.15, 0.2) is 30.3 Å². The van der Waals surface area contributed by atoms with E-state index < -0.39 is 48.7 Å². The molecule has 184 valence electrons. The number of nitrogens with two attached hydrogens (primary N) is 1. The highest BCUT2D eigenvalue weighted by molar-refractivity contribution is 7.98. The monoisotopic (exact) mass is 481 g/mol. The Morgan fingerprint density at radius 2 is 1.76 bits per heavy atom. The summed E-state index contributed by atoms with van der Waals surface area (Å²) in [7, 11) is 0. The molecule has 1 unspecified atom stereocenters. The first-order valence-corrected chi connectivity index (χ1v) is 12.2. The molecule has 0 saturated heterocycles. The zero-order valence-electron chi connectivity index (χ0n) is 20.4. The van der Waals surface area contributed by atoms with Gasteiger partial charge in [0.15, 0.2) is 0 Å². The minimum atomic E-state index is -0.919. The van der Waals surface area contributed by atoms with Crippen molar-refractivity contribution in [2.75, 3.05) is 18.6 Å². The summed E-state index contributed by atoms with van der Waals surface area (Å²) in [5, 5.41) is 5.10. The predicted molar refractivity (Wildman–Crippen MR) is 130 cm³/mol. The third-order valence-electron chi connectivity index (χ3n) is 4.72. The lowest BCUT2D eigenvalue weighted by atomic mass is 10.0. The fraction of sp³-hybridized carbons (Fsp3) is 0.545. The summed E-state index contributed by atoms with van der Waals surface area (Å²) in [6, 6.07) is 7.09.